The largest absolute Gasteiger partial charge is 0.463 e. The average molecular weight is 504 g/mol. The number of alkyl halides is 2. The highest BCUT2D eigenvalue weighted by molar-refractivity contribution is 5.70. The van der Waals surface area contributed by atoms with E-state index in [9.17, 15) is 13.6 Å². The smallest absolute Gasteiger partial charge is 0.410 e. The number of carbonyl (C=O) groups is 1. The van der Waals surface area contributed by atoms with Gasteiger partial charge in [0.05, 0.1) is 13.2 Å². The molecule has 0 bridgehead atoms. The molecule has 0 N–H and O–H groups in total. The first kappa shape index (κ1) is 26.4. The fraction of sp³-hybridized carbons (Fsp3) is 0.536. The predicted octanol–water partition coefficient (Wildman–Crippen LogP) is 6.45. The van der Waals surface area contributed by atoms with Crippen LogP contribution in [0.15, 0.2) is 54.6 Å². The monoisotopic (exact) mass is 503 g/mol. The molecule has 196 valence electrons. The fourth-order valence-electron chi connectivity index (χ4n) is 4.61. The minimum Gasteiger partial charge on any atom is -0.463 e. The van der Waals surface area contributed by atoms with Gasteiger partial charge in [0.25, 0.3) is 5.92 Å². The van der Waals surface area contributed by atoms with Crippen molar-refractivity contribution in [2.75, 3.05) is 26.3 Å². The summed E-state index contributed by atoms with van der Waals surface area (Å²) in [5, 5.41) is 0. The topological polar surface area (TPSA) is 57.2 Å². The maximum absolute atomic E-state index is 14.1. The van der Waals surface area contributed by atoms with Gasteiger partial charge in [-0.25, -0.2) is 13.6 Å². The lowest BCUT2D eigenvalue weighted by Crippen LogP contribution is -2.42. The lowest BCUT2D eigenvalue weighted by molar-refractivity contribution is -0.225. The van der Waals surface area contributed by atoms with E-state index in [1.165, 1.54) is 12.1 Å². The Balaban J connectivity index is 1.12. The second kappa shape index (κ2) is 11.6. The summed E-state index contributed by atoms with van der Waals surface area (Å²) in [6.45, 7) is 5.25. The number of para-hydroxylation sites is 1. The highest BCUT2D eigenvalue weighted by atomic mass is 19.3. The molecule has 2 aliphatic heterocycles. The van der Waals surface area contributed by atoms with Gasteiger partial charge in [-0.1, -0.05) is 61.4 Å². The van der Waals surface area contributed by atoms with E-state index >= 15 is 0 Å². The summed E-state index contributed by atoms with van der Waals surface area (Å²) < 4.78 is 51.4. The summed E-state index contributed by atoms with van der Waals surface area (Å²) in [6, 6.07) is 15.5. The molecular weight excluding hydrogens is 468 g/mol. The molecule has 0 unspecified atom stereocenters. The van der Waals surface area contributed by atoms with Crippen LogP contribution in [0.2, 0.25) is 0 Å². The third-order valence-electron chi connectivity index (χ3n) is 6.46. The van der Waals surface area contributed by atoms with Gasteiger partial charge in [-0.15, -0.1) is 0 Å². The van der Waals surface area contributed by atoms with Crippen LogP contribution in [0.25, 0.3) is 0 Å². The molecule has 0 radical (unpaired) electrons. The van der Waals surface area contributed by atoms with E-state index in [0.29, 0.717) is 19.7 Å². The Bertz CT molecular complexity index is 1000. The third kappa shape index (κ3) is 6.73. The van der Waals surface area contributed by atoms with Crippen LogP contribution in [-0.2, 0) is 20.1 Å². The normalized spacial score (nSPS) is 21.1. The van der Waals surface area contributed by atoms with Crippen molar-refractivity contribution in [3.8, 4) is 5.75 Å². The van der Waals surface area contributed by atoms with Crippen molar-refractivity contribution < 1.29 is 32.5 Å². The predicted molar refractivity (Wildman–Crippen MR) is 131 cm³/mol. The van der Waals surface area contributed by atoms with Gasteiger partial charge < -0.3 is 23.8 Å². The Morgan fingerprint density at radius 2 is 1.72 bits per heavy atom. The van der Waals surface area contributed by atoms with E-state index in [4.69, 9.17) is 18.9 Å². The van der Waals surface area contributed by atoms with Crippen LogP contribution in [0, 0.1) is 0 Å². The summed E-state index contributed by atoms with van der Waals surface area (Å²) >= 11 is 0. The van der Waals surface area contributed by atoms with Crippen LogP contribution < -0.4 is 4.74 Å². The summed E-state index contributed by atoms with van der Waals surface area (Å²) in [5.74, 6) is -2.94. The zero-order valence-electron chi connectivity index (χ0n) is 21.0. The zero-order valence-corrected chi connectivity index (χ0v) is 21.0. The molecule has 2 aromatic rings. The van der Waals surface area contributed by atoms with E-state index in [1.54, 1.807) is 23.1 Å². The van der Waals surface area contributed by atoms with Crippen LogP contribution in [0.5, 0.6) is 5.75 Å². The fourth-order valence-corrected chi connectivity index (χ4v) is 4.61. The minimum atomic E-state index is -2.88. The van der Waals surface area contributed by atoms with Crippen molar-refractivity contribution >= 4 is 6.09 Å². The number of cyclic esters (lactones) is 1. The highest BCUT2D eigenvalue weighted by Crippen LogP contribution is 2.42. The summed E-state index contributed by atoms with van der Waals surface area (Å²) in [4.78, 5) is 14.2. The Kier molecular flexibility index (Phi) is 8.46. The molecule has 1 fully saturated rings. The van der Waals surface area contributed by atoms with Crippen molar-refractivity contribution in [3.05, 3.63) is 65.7 Å². The summed E-state index contributed by atoms with van der Waals surface area (Å²) in [6.07, 6.45) is 2.03. The minimum absolute atomic E-state index is 0.0209. The number of unbranched alkanes of at least 4 members (excludes halogenated alkanes) is 3. The van der Waals surface area contributed by atoms with E-state index in [2.05, 4.69) is 0 Å². The maximum Gasteiger partial charge on any atom is 0.410 e. The first-order valence-corrected chi connectivity index (χ1v) is 12.7. The number of rotatable bonds is 12. The van der Waals surface area contributed by atoms with Crippen molar-refractivity contribution in [1.82, 2.24) is 4.90 Å². The Morgan fingerprint density at radius 1 is 1.00 bits per heavy atom. The molecule has 0 aliphatic carbocycles. The molecule has 0 saturated carbocycles. The molecule has 0 aromatic heterocycles. The summed E-state index contributed by atoms with van der Waals surface area (Å²) in [7, 11) is 0. The number of fused-ring (bicyclic) bond motifs is 1. The second-order valence-electron chi connectivity index (χ2n) is 9.79. The van der Waals surface area contributed by atoms with Gasteiger partial charge in [-0.05, 0) is 18.9 Å². The maximum atomic E-state index is 14.1. The van der Waals surface area contributed by atoms with Crippen molar-refractivity contribution in [3.63, 3.8) is 0 Å². The molecule has 8 heteroatoms. The highest BCUT2D eigenvalue weighted by Gasteiger charge is 2.44. The van der Waals surface area contributed by atoms with E-state index in [0.717, 1.165) is 37.0 Å². The van der Waals surface area contributed by atoms with Gasteiger partial charge in [0.2, 0.25) is 5.79 Å². The Labute approximate surface area is 211 Å². The van der Waals surface area contributed by atoms with Crippen molar-refractivity contribution in [1.29, 1.82) is 0 Å². The quantitative estimate of drug-likeness (QED) is 0.312. The van der Waals surface area contributed by atoms with Crippen LogP contribution in [0.4, 0.5) is 13.6 Å². The average Bonchev–Trinajstić information content (AvgIpc) is 3.22. The Morgan fingerprint density at radius 3 is 2.53 bits per heavy atom. The number of halogens is 2. The molecule has 1 saturated heterocycles. The van der Waals surface area contributed by atoms with Gasteiger partial charge in [0, 0.05) is 44.5 Å². The molecule has 2 aliphatic rings. The van der Waals surface area contributed by atoms with Crippen molar-refractivity contribution in [2.24, 2.45) is 0 Å². The number of ether oxygens (including phenoxy) is 4. The number of carbonyl (C=O) groups excluding carboxylic acids is 1. The second-order valence-corrected chi connectivity index (χ2v) is 9.79. The van der Waals surface area contributed by atoms with Crippen LogP contribution >= 0.6 is 0 Å². The molecule has 2 aromatic carbocycles. The number of benzene rings is 2. The molecule has 0 spiro atoms. The van der Waals surface area contributed by atoms with E-state index < -0.39 is 17.8 Å². The lowest BCUT2D eigenvalue weighted by Gasteiger charge is -2.39. The first-order chi connectivity index (χ1) is 17.3. The third-order valence-corrected chi connectivity index (χ3v) is 6.46. The number of nitrogens with zero attached hydrogens (tertiary/aromatic N) is 1. The molecular formula is C28H35F2NO5. The van der Waals surface area contributed by atoms with E-state index in [1.807, 2.05) is 38.1 Å². The van der Waals surface area contributed by atoms with E-state index in [-0.39, 0.29) is 30.8 Å². The lowest BCUT2D eigenvalue weighted by atomic mass is 10.0. The van der Waals surface area contributed by atoms with Gasteiger partial charge in [0.1, 0.15) is 11.9 Å². The molecule has 1 amide bonds. The molecule has 36 heavy (non-hydrogen) atoms. The van der Waals surface area contributed by atoms with Crippen LogP contribution in [-0.4, -0.2) is 49.2 Å². The summed E-state index contributed by atoms with van der Waals surface area (Å²) in [5.41, 5.74) is 0.908. The van der Waals surface area contributed by atoms with Gasteiger partial charge in [-0.3, -0.25) is 0 Å². The molecule has 6 nitrogen and oxygen atoms in total. The molecule has 4 rings (SSSR count). The zero-order chi connectivity index (χ0) is 25.6. The Hall–Kier alpha value is -2.71. The van der Waals surface area contributed by atoms with Gasteiger partial charge >= 0.3 is 6.09 Å². The SMILES string of the molecule is CC1(C)Oc2ccccc2[C@@H]([C@H]2CN(CCCCCCOCCC(F)(F)c3ccccc3)C(=O)O2)O1. The number of hydrogen-bond acceptors (Lipinski definition) is 5. The number of amides is 1. The number of hydrogen-bond donors (Lipinski definition) is 0. The van der Waals surface area contributed by atoms with Crippen LogP contribution in [0.1, 0.15) is 63.2 Å². The van der Waals surface area contributed by atoms with Crippen molar-refractivity contribution in [2.45, 2.75) is 69.9 Å². The standard InChI is InChI=1S/C28H35F2NO5/c1-27(2)35-23-15-9-8-14-22(23)25(36-27)24-20-31(26(32)34-24)17-10-3-4-11-18-33-19-16-28(29,30)21-12-6-5-7-13-21/h5-9,12-15,24-25H,3-4,10-11,16-20H2,1-2H3/t24-,25+/m1/s1. The van der Waals surface area contributed by atoms with Gasteiger partial charge in [0.15, 0.2) is 6.10 Å². The molecule has 2 heterocycles. The van der Waals surface area contributed by atoms with Crippen LogP contribution in [0.3, 0.4) is 0 Å². The molecule has 2 atom stereocenters. The first-order valence-electron chi connectivity index (χ1n) is 12.7. The van der Waals surface area contributed by atoms with Gasteiger partial charge in [-0.2, -0.15) is 0 Å².